The van der Waals surface area contributed by atoms with Crippen LogP contribution in [0.3, 0.4) is 0 Å². The van der Waals surface area contributed by atoms with E-state index in [1.165, 1.54) is 5.56 Å². The fraction of sp³-hybridized carbons (Fsp3) is 0.214. The monoisotopic (exact) mass is 245 g/mol. The molecule has 0 amide bonds. The molecule has 1 aromatic heterocycles. The van der Waals surface area contributed by atoms with Gasteiger partial charge in [-0.1, -0.05) is 6.07 Å². The smallest absolute Gasteiger partial charge is 0.0865 e. The number of aromatic nitrogens is 1. The van der Waals surface area contributed by atoms with Crippen LogP contribution in [0.25, 0.3) is 0 Å². The number of pyridine rings is 1. The van der Waals surface area contributed by atoms with Gasteiger partial charge in [0.1, 0.15) is 0 Å². The molecule has 2 aromatic rings. The predicted molar refractivity (Wildman–Crippen MR) is 69.6 cm³/mol. The first-order chi connectivity index (χ1) is 8.08. The fourth-order valence-corrected chi connectivity index (χ4v) is 2.62. The van der Waals surface area contributed by atoms with Crippen LogP contribution in [-0.2, 0) is 10.8 Å². The number of aryl methyl sites for hydroxylation is 3. The van der Waals surface area contributed by atoms with E-state index in [4.69, 9.17) is 0 Å². The molecule has 17 heavy (non-hydrogen) atoms. The van der Waals surface area contributed by atoms with Gasteiger partial charge in [0.05, 0.1) is 15.7 Å². The van der Waals surface area contributed by atoms with E-state index in [1.54, 1.807) is 6.20 Å². The maximum Gasteiger partial charge on any atom is 0.0865 e. The maximum absolute atomic E-state index is 12.3. The maximum atomic E-state index is 12.3. The van der Waals surface area contributed by atoms with E-state index >= 15 is 0 Å². The summed E-state index contributed by atoms with van der Waals surface area (Å²) >= 11 is 0. The Morgan fingerprint density at radius 2 is 1.65 bits per heavy atom. The first kappa shape index (κ1) is 12.0. The lowest BCUT2D eigenvalue weighted by molar-refractivity contribution is 0.682. The normalized spacial score (nSPS) is 12.4. The highest BCUT2D eigenvalue weighted by Crippen LogP contribution is 2.18. The van der Waals surface area contributed by atoms with Crippen molar-refractivity contribution in [1.29, 1.82) is 0 Å². The lowest BCUT2D eigenvalue weighted by Gasteiger charge is -2.05. The van der Waals surface area contributed by atoms with Crippen molar-refractivity contribution in [2.24, 2.45) is 0 Å². The molecule has 1 unspecified atom stereocenters. The molecule has 1 aromatic carbocycles. The third kappa shape index (κ3) is 2.61. The summed E-state index contributed by atoms with van der Waals surface area (Å²) in [7, 11) is -1.14. The zero-order valence-corrected chi connectivity index (χ0v) is 11.0. The molecule has 2 nitrogen and oxygen atoms in total. The van der Waals surface area contributed by atoms with Crippen molar-refractivity contribution in [3.05, 3.63) is 53.3 Å². The summed E-state index contributed by atoms with van der Waals surface area (Å²) in [6, 6.07) is 9.65. The van der Waals surface area contributed by atoms with Gasteiger partial charge in [0.2, 0.25) is 0 Å². The Bertz CT molecular complexity index is 561. The molecule has 0 aliphatic rings. The Kier molecular flexibility index (Phi) is 3.38. The van der Waals surface area contributed by atoms with Gasteiger partial charge in [0, 0.05) is 16.8 Å². The Morgan fingerprint density at radius 1 is 0.941 bits per heavy atom. The Morgan fingerprint density at radius 3 is 2.24 bits per heavy atom. The van der Waals surface area contributed by atoms with Crippen LogP contribution in [0.15, 0.2) is 46.3 Å². The van der Waals surface area contributed by atoms with Crippen molar-refractivity contribution < 1.29 is 4.21 Å². The zero-order valence-electron chi connectivity index (χ0n) is 10.2. The van der Waals surface area contributed by atoms with Gasteiger partial charge in [-0.05, 0) is 56.2 Å². The molecular weight excluding hydrogens is 230 g/mol. The summed E-state index contributed by atoms with van der Waals surface area (Å²) in [6.07, 6.45) is 1.68. The summed E-state index contributed by atoms with van der Waals surface area (Å²) in [4.78, 5) is 5.75. The van der Waals surface area contributed by atoms with E-state index in [-0.39, 0.29) is 0 Å². The minimum absolute atomic E-state index is 0.749. The standard InChI is InChI=1S/C14H15NOS/c1-10-4-6-13(8-11(10)2)17(16)14-7-5-12(3)15-9-14/h4-9H,1-3H3. The van der Waals surface area contributed by atoms with Crippen molar-refractivity contribution >= 4 is 10.8 Å². The van der Waals surface area contributed by atoms with E-state index in [0.29, 0.717) is 0 Å². The minimum atomic E-state index is -1.14. The topological polar surface area (TPSA) is 30.0 Å². The van der Waals surface area contributed by atoms with Crippen molar-refractivity contribution in [2.75, 3.05) is 0 Å². The van der Waals surface area contributed by atoms with Crippen molar-refractivity contribution in [3.8, 4) is 0 Å². The molecule has 88 valence electrons. The Hall–Kier alpha value is -1.48. The molecule has 0 spiro atoms. The lowest BCUT2D eigenvalue weighted by atomic mass is 10.1. The Labute approximate surface area is 104 Å². The molecule has 0 N–H and O–H groups in total. The van der Waals surface area contributed by atoms with Crippen LogP contribution in [0.5, 0.6) is 0 Å². The van der Waals surface area contributed by atoms with Crippen LogP contribution in [0.4, 0.5) is 0 Å². The Balaban J connectivity index is 2.37. The third-order valence-corrected chi connectivity index (χ3v) is 4.14. The highest BCUT2D eigenvalue weighted by atomic mass is 32.2. The number of hydrogen-bond acceptors (Lipinski definition) is 2. The van der Waals surface area contributed by atoms with Crippen LogP contribution < -0.4 is 0 Å². The van der Waals surface area contributed by atoms with Crippen LogP contribution in [0.2, 0.25) is 0 Å². The molecule has 2 rings (SSSR count). The molecule has 0 saturated carbocycles. The van der Waals surface area contributed by atoms with Gasteiger partial charge in [-0.15, -0.1) is 0 Å². The van der Waals surface area contributed by atoms with Gasteiger partial charge in [-0.3, -0.25) is 4.98 Å². The predicted octanol–water partition coefficient (Wildman–Crippen LogP) is 3.17. The SMILES string of the molecule is Cc1ccc(S(=O)c2ccc(C)c(C)c2)cn1. The summed E-state index contributed by atoms with van der Waals surface area (Å²) in [5.74, 6) is 0. The average molecular weight is 245 g/mol. The van der Waals surface area contributed by atoms with E-state index in [2.05, 4.69) is 11.9 Å². The third-order valence-electron chi connectivity index (χ3n) is 2.79. The summed E-state index contributed by atoms with van der Waals surface area (Å²) in [5, 5.41) is 0. The summed E-state index contributed by atoms with van der Waals surface area (Å²) in [5.41, 5.74) is 3.31. The molecule has 0 bridgehead atoms. The first-order valence-corrected chi connectivity index (χ1v) is 6.64. The second-order valence-corrected chi connectivity index (χ2v) is 5.63. The van der Waals surface area contributed by atoms with Crippen LogP contribution in [0.1, 0.15) is 16.8 Å². The van der Waals surface area contributed by atoms with Crippen LogP contribution in [-0.4, -0.2) is 9.19 Å². The molecule has 1 atom stereocenters. The van der Waals surface area contributed by atoms with Crippen LogP contribution >= 0.6 is 0 Å². The summed E-state index contributed by atoms with van der Waals surface area (Å²) < 4.78 is 12.3. The van der Waals surface area contributed by atoms with Crippen molar-refractivity contribution in [1.82, 2.24) is 4.98 Å². The van der Waals surface area contributed by atoms with E-state index < -0.39 is 10.8 Å². The lowest BCUT2D eigenvalue weighted by Crippen LogP contribution is -1.95. The zero-order chi connectivity index (χ0) is 12.4. The van der Waals surface area contributed by atoms with Gasteiger partial charge in [0.25, 0.3) is 0 Å². The molecule has 0 aliphatic carbocycles. The van der Waals surface area contributed by atoms with Gasteiger partial charge in [0.15, 0.2) is 0 Å². The second-order valence-electron chi connectivity index (χ2n) is 4.15. The van der Waals surface area contributed by atoms with E-state index in [9.17, 15) is 4.21 Å². The number of hydrogen-bond donors (Lipinski definition) is 0. The largest absolute Gasteiger partial charge is 0.260 e. The second kappa shape index (κ2) is 4.80. The molecule has 0 fully saturated rings. The molecule has 0 radical (unpaired) electrons. The molecule has 0 aliphatic heterocycles. The van der Waals surface area contributed by atoms with E-state index in [1.807, 2.05) is 44.2 Å². The first-order valence-electron chi connectivity index (χ1n) is 5.49. The number of benzene rings is 1. The van der Waals surface area contributed by atoms with Gasteiger partial charge >= 0.3 is 0 Å². The summed E-state index contributed by atoms with van der Waals surface area (Å²) in [6.45, 7) is 6.00. The van der Waals surface area contributed by atoms with Gasteiger partial charge in [-0.25, -0.2) is 4.21 Å². The minimum Gasteiger partial charge on any atom is -0.260 e. The highest BCUT2D eigenvalue weighted by molar-refractivity contribution is 7.85. The molecule has 0 saturated heterocycles. The van der Waals surface area contributed by atoms with Gasteiger partial charge < -0.3 is 0 Å². The molecular formula is C14H15NOS. The van der Waals surface area contributed by atoms with Crippen molar-refractivity contribution in [3.63, 3.8) is 0 Å². The number of rotatable bonds is 2. The molecule has 1 heterocycles. The van der Waals surface area contributed by atoms with Crippen molar-refractivity contribution in [2.45, 2.75) is 30.6 Å². The molecule has 3 heteroatoms. The number of nitrogens with zero attached hydrogens (tertiary/aromatic N) is 1. The quantitative estimate of drug-likeness (QED) is 0.813. The van der Waals surface area contributed by atoms with Gasteiger partial charge in [-0.2, -0.15) is 0 Å². The highest BCUT2D eigenvalue weighted by Gasteiger charge is 2.08. The fourth-order valence-electron chi connectivity index (χ4n) is 1.53. The average Bonchev–Trinajstić information content (AvgIpc) is 2.33. The van der Waals surface area contributed by atoms with E-state index in [0.717, 1.165) is 21.0 Å². The van der Waals surface area contributed by atoms with Crippen LogP contribution in [0, 0.1) is 20.8 Å².